The van der Waals surface area contributed by atoms with Gasteiger partial charge in [-0.1, -0.05) is 12.2 Å². The van der Waals surface area contributed by atoms with Crippen LogP contribution in [0.25, 0.3) is 0 Å². The Morgan fingerprint density at radius 1 is 1.90 bits per heavy atom. The van der Waals surface area contributed by atoms with Crippen molar-refractivity contribution in [1.29, 1.82) is 0 Å². The van der Waals surface area contributed by atoms with Crippen LogP contribution < -0.4 is 5.32 Å². The Morgan fingerprint density at radius 3 is 3.00 bits per heavy atom. The van der Waals surface area contributed by atoms with Crippen molar-refractivity contribution in [3.05, 3.63) is 0 Å². The van der Waals surface area contributed by atoms with Gasteiger partial charge >= 0.3 is 0 Å². The Labute approximate surface area is 70.4 Å². The molecule has 0 spiro atoms. The first kappa shape index (κ1) is 8.30. The highest BCUT2D eigenvalue weighted by Crippen LogP contribution is 2.21. The quantitative estimate of drug-likeness (QED) is 0.478. The molecular weight excluding hydrogens is 166 g/mol. The van der Waals surface area contributed by atoms with E-state index in [4.69, 9.17) is 12.2 Å². The van der Waals surface area contributed by atoms with Crippen molar-refractivity contribution in [2.24, 2.45) is 5.92 Å². The van der Waals surface area contributed by atoms with Crippen LogP contribution in [-0.4, -0.2) is 28.3 Å². The molecule has 4 heteroatoms. The number of thiocarbonyl (C=S) groups is 1. The molecule has 1 aliphatic rings. The van der Waals surface area contributed by atoms with Gasteiger partial charge in [0.2, 0.25) is 0 Å². The number of nitrogens with one attached hydrogen (secondary N) is 1. The summed E-state index contributed by atoms with van der Waals surface area (Å²) in [4.78, 5) is 0.821. The lowest BCUT2D eigenvalue weighted by atomic mass is 10.1. The van der Waals surface area contributed by atoms with Crippen LogP contribution in [0.3, 0.4) is 0 Å². The summed E-state index contributed by atoms with van der Waals surface area (Å²) in [7, 11) is 0. The largest absolute Gasteiger partial charge is 0.382 e. The molecule has 0 aromatic heterocycles. The highest BCUT2D eigenvalue weighted by Gasteiger charge is 2.26. The predicted molar refractivity (Wildman–Crippen MR) is 48.2 cm³/mol. The van der Waals surface area contributed by atoms with E-state index < -0.39 is 0 Å². The van der Waals surface area contributed by atoms with E-state index in [9.17, 15) is 5.11 Å². The van der Waals surface area contributed by atoms with Crippen molar-refractivity contribution >= 4 is 29.0 Å². The Balaban J connectivity index is 2.46. The molecular formula is C6H11NOS2. The smallest absolute Gasteiger partial charge is 0.108 e. The lowest BCUT2D eigenvalue weighted by Crippen LogP contribution is -2.24. The Kier molecular flexibility index (Phi) is 2.95. The van der Waals surface area contributed by atoms with Gasteiger partial charge in [-0.05, 0) is 12.7 Å². The van der Waals surface area contributed by atoms with E-state index in [2.05, 4.69) is 5.32 Å². The number of hydrogen-bond donors (Lipinski definition) is 2. The molecule has 0 aromatic rings. The average molecular weight is 177 g/mol. The van der Waals surface area contributed by atoms with Gasteiger partial charge in [-0.2, -0.15) is 0 Å². The molecule has 0 bridgehead atoms. The normalized spacial score (nSPS) is 28.2. The van der Waals surface area contributed by atoms with Gasteiger partial charge in [-0.3, -0.25) is 0 Å². The number of thioether (sulfide) groups is 1. The van der Waals surface area contributed by atoms with Crippen LogP contribution in [0.5, 0.6) is 0 Å². The molecule has 1 heterocycles. The average Bonchev–Trinajstić information content (AvgIpc) is 2.34. The minimum Gasteiger partial charge on any atom is -0.382 e. The molecule has 0 aliphatic carbocycles. The van der Waals surface area contributed by atoms with E-state index >= 15 is 0 Å². The zero-order valence-corrected chi connectivity index (χ0v) is 7.47. The van der Waals surface area contributed by atoms with Crippen molar-refractivity contribution in [2.75, 3.05) is 12.8 Å². The SMILES string of the molecule is CSC(O)[C@H]1CCNC1=S. The molecule has 0 radical (unpaired) electrons. The third kappa shape index (κ3) is 1.62. The van der Waals surface area contributed by atoms with E-state index in [-0.39, 0.29) is 11.4 Å². The molecule has 2 nitrogen and oxygen atoms in total. The molecule has 10 heavy (non-hydrogen) atoms. The summed E-state index contributed by atoms with van der Waals surface area (Å²) in [5.41, 5.74) is -0.317. The van der Waals surface area contributed by atoms with Crippen LogP contribution in [0.4, 0.5) is 0 Å². The van der Waals surface area contributed by atoms with E-state index in [0.717, 1.165) is 18.0 Å². The van der Waals surface area contributed by atoms with Gasteiger partial charge < -0.3 is 10.4 Å². The fraction of sp³-hybridized carbons (Fsp3) is 0.833. The number of hydrogen-bond acceptors (Lipinski definition) is 3. The standard InChI is InChI=1S/C6H11NOS2/c1-10-6(8)4-2-3-7-5(4)9/h4,6,8H,2-3H2,1H3,(H,7,9)/t4-,6?/m0/s1. The Bertz CT molecular complexity index is 140. The van der Waals surface area contributed by atoms with Crippen LogP contribution >= 0.6 is 24.0 Å². The van der Waals surface area contributed by atoms with Crippen molar-refractivity contribution in [2.45, 2.75) is 11.9 Å². The second kappa shape index (κ2) is 3.55. The second-order valence-corrected chi connectivity index (χ2v) is 3.71. The zero-order chi connectivity index (χ0) is 7.56. The maximum Gasteiger partial charge on any atom is 0.108 e. The van der Waals surface area contributed by atoms with Gasteiger partial charge in [0, 0.05) is 12.5 Å². The van der Waals surface area contributed by atoms with Crippen molar-refractivity contribution < 1.29 is 5.11 Å². The molecule has 2 N–H and O–H groups in total. The van der Waals surface area contributed by atoms with Gasteiger partial charge in [-0.25, -0.2) is 0 Å². The first-order valence-electron chi connectivity index (χ1n) is 3.24. The third-order valence-corrected chi connectivity index (χ3v) is 2.94. The van der Waals surface area contributed by atoms with Gasteiger partial charge in [0.05, 0.1) is 4.99 Å². The second-order valence-electron chi connectivity index (χ2n) is 2.31. The predicted octanol–water partition coefficient (Wildman–Crippen LogP) is 0.605. The molecule has 1 fully saturated rings. The summed E-state index contributed by atoms with van der Waals surface area (Å²) in [5.74, 6) is 0.185. The fourth-order valence-electron chi connectivity index (χ4n) is 1.05. The van der Waals surface area contributed by atoms with Gasteiger partial charge in [0.1, 0.15) is 5.44 Å². The summed E-state index contributed by atoms with van der Waals surface area (Å²) in [6.45, 7) is 0.918. The van der Waals surface area contributed by atoms with Crippen LogP contribution in [0.2, 0.25) is 0 Å². The molecule has 58 valence electrons. The minimum absolute atomic E-state index is 0.185. The first-order valence-corrected chi connectivity index (χ1v) is 4.94. The number of aliphatic hydroxyl groups excluding tert-OH is 1. The number of rotatable bonds is 2. The van der Waals surface area contributed by atoms with Crippen LogP contribution in [0, 0.1) is 5.92 Å². The lowest BCUT2D eigenvalue weighted by molar-refractivity contribution is 0.228. The molecule has 1 saturated heterocycles. The summed E-state index contributed by atoms with van der Waals surface area (Å²) in [6, 6.07) is 0. The molecule has 0 saturated carbocycles. The maximum absolute atomic E-state index is 9.36. The summed E-state index contributed by atoms with van der Waals surface area (Å²) >= 11 is 6.45. The van der Waals surface area contributed by atoms with E-state index in [1.165, 1.54) is 11.8 Å². The highest BCUT2D eigenvalue weighted by molar-refractivity contribution is 7.99. The molecule has 0 aromatic carbocycles. The van der Waals surface area contributed by atoms with E-state index in [1.807, 2.05) is 6.26 Å². The minimum atomic E-state index is -0.317. The molecule has 1 rings (SSSR count). The van der Waals surface area contributed by atoms with Gasteiger partial charge in [0.15, 0.2) is 0 Å². The highest BCUT2D eigenvalue weighted by atomic mass is 32.2. The van der Waals surface area contributed by atoms with Gasteiger partial charge in [0.25, 0.3) is 0 Å². The molecule has 2 atom stereocenters. The van der Waals surface area contributed by atoms with Crippen molar-refractivity contribution in [3.8, 4) is 0 Å². The summed E-state index contributed by atoms with van der Waals surface area (Å²) in [5, 5.41) is 12.4. The van der Waals surface area contributed by atoms with E-state index in [0.29, 0.717) is 0 Å². The molecule has 1 aliphatic heterocycles. The zero-order valence-electron chi connectivity index (χ0n) is 5.83. The molecule has 1 unspecified atom stereocenters. The Hall–Kier alpha value is 0.200. The van der Waals surface area contributed by atoms with Gasteiger partial charge in [-0.15, -0.1) is 11.8 Å². The van der Waals surface area contributed by atoms with Crippen molar-refractivity contribution in [3.63, 3.8) is 0 Å². The van der Waals surface area contributed by atoms with Crippen LogP contribution in [-0.2, 0) is 0 Å². The van der Waals surface area contributed by atoms with Crippen LogP contribution in [0.1, 0.15) is 6.42 Å². The summed E-state index contributed by atoms with van der Waals surface area (Å²) in [6.07, 6.45) is 2.87. The maximum atomic E-state index is 9.36. The van der Waals surface area contributed by atoms with E-state index in [1.54, 1.807) is 0 Å². The van der Waals surface area contributed by atoms with Crippen molar-refractivity contribution in [1.82, 2.24) is 5.32 Å². The first-order chi connectivity index (χ1) is 4.75. The summed E-state index contributed by atoms with van der Waals surface area (Å²) < 4.78 is 0. The third-order valence-electron chi connectivity index (χ3n) is 1.68. The fourth-order valence-corrected chi connectivity index (χ4v) is 2.09. The Morgan fingerprint density at radius 2 is 2.60 bits per heavy atom. The topological polar surface area (TPSA) is 32.3 Å². The number of aliphatic hydroxyl groups is 1. The van der Waals surface area contributed by atoms with Crippen LogP contribution in [0.15, 0.2) is 0 Å². The molecule has 0 amide bonds. The monoisotopic (exact) mass is 177 g/mol. The lowest BCUT2D eigenvalue weighted by Gasteiger charge is -2.13.